The van der Waals surface area contributed by atoms with Gasteiger partial charge in [-0.25, -0.2) is 0 Å². The second-order valence-corrected chi connectivity index (χ2v) is 11.2. The Hall–Kier alpha value is -4.80. The van der Waals surface area contributed by atoms with Crippen molar-refractivity contribution in [3.05, 3.63) is 102 Å². The molecule has 0 saturated heterocycles. The summed E-state index contributed by atoms with van der Waals surface area (Å²) in [5.41, 5.74) is 0.922. The molecule has 0 saturated carbocycles. The van der Waals surface area contributed by atoms with Gasteiger partial charge in [0.25, 0.3) is 5.91 Å². The Morgan fingerprint density at radius 1 is 1.00 bits per heavy atom. The summed E-state index contributed by atoms with van der Waals surface area (Å²) in [7, 11) is 1.33. The van der Waals surface area contributed by atoms with Crippen LogP contribution in [-0.4, -0.2) is 66.1 Å². The number of aliphatic hydroxyl groups is 2. The van der Waals surface area contributed by atoms with E-state index < -0.39 is 17.4 Å². The average molecular weight is 628 g/mol. The first-order valence-electron chi connectivity index (χ1n) is 15.4. The van der Waals surface area contributed by atoms with Gasteiger partial charge in [0.1, 0.15) is 0 Å². The molecule has 1 aliphatic rings. The molecule has 0 aliphatic carbocycles. The van der Waals surface area contributed by atoms with Gasteiger partial charge in [0.15, 0.2) is 5.60 Å². The molecular weight excluding hydrogens is 586 g/mol. The molecule has 0 bridgehead atoms. The molecule has 10 nitrogen and oxygen atoms in total. The molecule has 46 heavy (non-hydrogen) atoms. The molecule has 3 aromatic carbocycles. The number of carbonyl (C=O) groups is 4. The highest BCUT2D eigenvalue weighted by Crippen LogP contribution is 2.47. The van der Waals surface area contributed by atoms with Gasteiger partial charge in [0.05, 0.1) is 19.4 Å². The molecule has 0 aromatic heterocycles. The van der Waals surface area contributed by atoms with E-state index in [-0.39, 0.29) is 44.4 Å². The van der Waals surface area contributed by atoms with Crippen molar-refractivity contribution in [3.8, 4) is 0 Å². The minimum absolute atomic E-state index is 0.0124. The van der Waals surface area contributed by atoms with Crippen molar-refractivity contribution in [1.82, 2.24) is 4.90 Å². The monoisotopic (exact) mass is 627 g/mol. The average Bonchev–Trinajstić information content (AvgIpc) is 3.29. The van der Waals surface area contributed by atoms with Gasteiger partial charge in [-0.05, 0) is 48.7 Å². The predicted molar refractivity (Wildman–Crippen MR) is 175 cm³/mol. The first kappa shape index (κ1) is 34.1. The molecule has 2 atom stereocenters. The third kappa shape index (κ3) is 7.70. The third-order valence-electron chi connectivity index (χ3n) is 8.23. The Labute approximate surface area is 269 Å². The first-order chi connectivity index (χ1) is 22.2. The topological polar surface area (TPSA) is 128 Å². The van der Waals surface area contributed by atoms with Gasteiger partial charge in [0.2, 0.25) is 12.3 Å². The lowest BCUT2D eigenvalue weighted by Crippen LogP contribution is -2.44. The lowest BCUT2D eigenvalue weighted by atomic mass is 9.82. The number of amides is 3. The molecule has 0 radical (unpaired) electrons. The number of anilines is 3. The number of hydrogen-bond donors (Lipinski definition) is 2. The van der Waals surface area contributed by atoms with Crippen LogP contribution in [-0.2, 0) is 36.1 Å². The molecule has 0 fully saturated rings. The number of unbranched alkanes of at least 4 members (excludes halogenated alkanes) is 1. The van der Waals surface area contributed by atoms with Crippen LogP contribution in [0.3, 0.4) is 0 Å². The summed E-state index contributed by atoms with van der Waals surface area (Å²) in [4.78, 5) is 55.4. The van der Waals surface area contributed by atoms with E-state index in [0.29, 0.717) is 48.4 Å². The summed E-state index contributed by atoms with van der Waals surface area (Å²) in [5, 5.41) is 21.7. The number of para-hydroxylation sites is 1. The molecule has 0 spiro atoms. The number of methoxy groups -OCH3 is 1. The van der Waals surface area contributed by atoms with E-state index in [1.807, 2.05) is 48.5 Å². The van der Waals surface area contributed by atoms with Crippen molar-refractivity contribution < 1.29 is 34.1 Å². The summed E-state index contributed by atoms with van der Waals surface area (Å²) >= 11 is 0. The highest BCUT2D eigenvalue weighted by molar-refractivity contribution is 6.08. The molecule has 4 rings (SSSR count). The summed E-state index contributed by atoms with van der Waals surface area (Å²) < 4.78 is 4.72. The van der Waals surface area contributed by atoms with Crippen LogP contribution in [0.15, 0.2) is 91.0 Å². The lowest BCUT2D eigenvalue weighted by molar-refractivity contribution is -0.140. The van der Waals surface area contributed by atoms with Crippen LogP contribution in [0, 0.1) is 5.92 Å². The van der Waals surface area contributed by atoms with Crippen molar-refractivity contribution >= 4 is 41.3 Å². The molecule has 10 heteroatoms. The SMILES string of the molecule is COC(=O)CCCCN1C(=O)[C@@](O)([C@@H](C)/C=C/CC(=O)N(CCO)Cc2ccccc2)c2cc(N(C=O)c3ccccc3)ccc21. The molecule has 242 valence electrons. The maximum absolute atomic E-state index is 14.0. The Balaban J connectivity index is 1.59. The number of ether oxygens (including phenoxy) is 1. The standard InChI is InChI=1S/C36H41N3O7/c1-27(12-11-17-33(42)37(22-23-40)25-28-13-5-3-6-14-28)36(45)31-24-30(39(26-41)29-15-7-4-8-16-29)19-20-32(31)38(35(36)44)21-10-9-18-34(43)46-2/h3-8,11-16,19-20,24,26-27,40,45H,9-10,17-18,21-23,25H2,1-2H3/b12-11+/t27-,36+/m0/s1. The van der Waals surface area contributed by atoms with Gasteiger partial charge in [-0.2, -0.15) is 0 Å². The first-order valence-corrected chi connectivity index (χ1v) is 15.4. The van der Waals surface area contributed by atoms with Crippen molar-refractivity contribution in [1.29, 1.82) is 0 Å². The van der Waals surface area contributed by atoms with E-state index in [1.165, 1.54) is 16.9 Å². The van der Waals surface area contributed by atoms with Gasteiger partial charge in [-0.1, -0.05) is 67.6 Å². The van der Waals surface area contributed by atoms with E-state index in [9.17, 15) is 29.4 Å². The Morgan fingerprint density at radius 2 is 1.70 bits per heavy atom. The van der Waals surface area contributed by atoms with Gasteiger partial charge in [-0.15, -0.1) is 0 Å². The number of hydrogen-bond acceptors (Lipinski definition) is 7. The number of carbonyl (C=O) groups excluding carboxylic acids is 4. The van der Waals surface area contributed by atoms with Crippen LogP contribution in [0.2, 0.25) is 0 Å². The summed E-state index contributed by atoms with van der Waals surface area (Å²) in [5.74, 6) is -1.81. The Bertz CT molecular complexity index is 1530. The predicted octanol–water partition coefficient (Wildman–Crippen LogP) is 4.46. The zero-order valence-corrected chi connectivity index (χ0v) is 26.2. The molecular formula is C36H41N3O7. The minimum atomic E-state index is -1.98. The highest BCUT2D eigenvalue weighted by Gasteiger charge is 2.52. The fourth-order valence-electron chi connectivity index (χ4n) is 5.67. The molecule has 3 amide bonds. The largest absolute Gasteiger partial charge is 0.469 e. The van der Waals surface area contributed by atoms with Crippen LogP contribution in [0.4, 0.5) is 17.1 Å². The number of rotatable bonds is 16. The molecule has 2 N–H and O–H groups in total. The van der Waals surface area contributed by atoms with E-state index in [1.54, 1.807) is 54.3 Å². The number of esters is 1. The Kier molecular flexibility index (Phi) is 11.8. The maximum atomic E-state index is 14.0. The normalized spacial score (nSPS) is 16.3. The van der Waals surface area contributed by atoms with E-state index >= 15 is 0 Å². The van der Waals surface area contributed by atoms with E-state index in [2.05, 4.69) is 0 Å². The molecule has 1 heterocycles. The third-order valence-corrected chi connectivity index (χ3v) is 8.23. The molecule has 0 unspecified atom stereocenters. The van der Waals surface area contributed by atoms with Gasteiger partial charge in [0, 0.05) is 55.3 Å². The fraction of sp³-hybridized carbons (Fsp3) is 0.333. The van der Waals surface area contributed by atoms with Crippen molar-refractivity contribution in [2.45, 2.75) is 44.8 Å². The van der Waals surface area contributed by atoms with Gasteiger partial charge < -0.3 is 24.7 Å². The van der Waals surface area contributed by atoms with Crippen molar-refractivity contribution in [3.63, 3.8) is 0 Å². The quantitative estimate of drug-likeness (QED) is 0.104. The second-order valence-electron chi connectivity index (χ2n) is 11.2. The smallest absolute Gasteiger partial charge is 0.305 e. The van der Waals surface area contributed by atoms with Crippen LogP contribution < -0.4 is 9.80 Å². The number of benzene rings is 3. The van der Waals surface area contributed by atoms with Crippen LogP contribution in [0.1, 0.15) is 43.7 Å². The lowest BCUT2D eigenvalue weighted by Gasteiger charge is -2.28. The molecule has 1 aliphatic heterocycles. The number of nitrogens with zero attached hydrogens (tertiary/aromatic N) is 3. The minimum Gasteiger partial charge on any atom is -0.469 e. The number of fused-ring (bicyclic) bond motifs is 1. The Morgan fingerprint density at radius 3 is 2.35 bits per heavy atom. The second kappa shape index (κ2) is 16.0. The summed E-state index contributed by atoms with van der Waals surface area (Å²) in [6.45, 7) is 2.32. The zero-order chi connectivity index (χ0) is 33.1. The van der Waals surface area contributed by atoms with Crippen molar-refractivity contribution in [2.75, 3.05) is 36.6 Å². The fourth-order valence-corrected chi connectivity index (χ4v) is 5.67. The van der Waals surface area contributed by atoms with E-state index in [4.69, 9.17) is 4.74 Å². The summed E-state index contributed by atoms with van der Waals surface area (Å²) in [6, 6.07) is 23.6. The number of aliphatic hydroxyl groups excluding tert-OH is 1. The highest BCUT2D eigenvalue weighted by atomic mass is 16.5. The van der Waals surface area contributed by atoms with Crippen LogP contribution in [0.5, 0.6) is 0 Å². The van der Waals surface area contributed by atoms with Gasteiger partial charge >= 0.3 is 5.97 Å². The van der Waals surface area contributed by atoms with E-state index in [0.717, 1.165) is 5.56 Å². The summed E-state index contributed by atoms with van der Waals surface area (Å²) in [6.07, 6.45) is 5.20. The maximum Gasteiger partial charge on any atom is 0.305 e. The zero-order valence-electron chi connectivity index (χ0n) is 26.2. The van der Waals surface area contributed by atoms with Gasteiger partial charge in [-0.3, -0.25) is 24.1 Å². The van der Waals surface area contributed by atoms with Crippen LogP contribution >= 0.6 is 0 Å². The van der Waals surface area contributed by atoms with Crippen LogP contribution in [0.25, 0.3) is 0 Å². The molecule has 3 aromatic rings. The van der Waals surface area contributed by atoms with Crippen molar-refractivity contribution in [2.24, 2.45) is 5.92 Å².